The van der Waals surface area contributed by atoms with Gasteiger partial charge in [-0.15, -0.1) is 0 Å². The first-order valence-electron chi connectivity index (χ1n) is 4.87. The fourth-order valence-electron chi connectivity index (χ4n) is 1.73. The Bertz CT molecular complexity index is 389. The lowest BCUT2D eigenvalue weighted by atomic mass is 10.0. The first-order chi connectivity index (χ1) is 7.47. The van der Waals surface area contributed by atoms with Crippen LogP contribution in [0.3, 0.4) is 0 Å². The number of rotatable bonds is 0. The van der Waals surface area contributed by atoms with Crippen LogP contribution < -0.4 is 0 Å². The molecule has 0 saturated heterocycles. The molecule has 0 N–H and O–H groups in total. The van der Waals surface area contributed by atoms with Crippen LogP contribution in [0.15, 0.2) is 18.2 Å². The lowest BCUT2D eigenvalue weighted by molar-refractivity contribution is -0.137. The van der Waals surface area contributed by atoms with Gasteiger partial charge in [0, 0.05) is 4.83 Å². The van der Waals surface area contributed by atoms with Crippen LogP contribution in [0.5, 0.6) is 0 Å². The molecule has 0 aromatic heterocycles. The first kappa shape index (κ1) is 11.9. The summed E-state index contributed by atoms with van der Waals surface area (Å²) in [5, 5.41) is 0. The highest BCUT2D eigenvalue weighted by atomic mass is 79.9. The van der Waals surface area contributed by atoms with Crippen molar-refractivity contribution in [1.29, 1.82) is 0 Å². The second kappa shape index (κ2) is 4.37. The molecule has 0 aliphatic carbocycles. The Labute approximate surface area is 99.7 Å². The second-order valence-corrected chi connectivity index (χ2v) is 5.09. The van der Waals surface area contributed by atoms with Crippen molar-refractivity contribution in [1.82, 2.24) is 0 Å². The Morgan fingerprint density at radius 1 is 1.25 bits per heavy atom. The molecule has 0 fully saturated rings. The van der Waals surface area contributed by atoms with Crippen molar-refractivity contribution in [3.63, 3.8) is 0 Å². The molecular formula is C11H10BrF3O. The largest absolute Gasteiger partial charge is 0.416 e. The molecule has 1 atom stereocenters. The van der Waals surface area contributed by atoms with Gasteiger partial charge in [0.1, 0.15) is 0 Å². The highest BCUT2D eigenvalue weighted by Crippen LogP contribution is 2.32. The summed E-state index contributed by atoms with van der Waals surface area (Å²) in [5.74, 6) is 0. The van der Waals surface area contributed by atoms with Crippen LogP contribution in [0.2, 0.25) is 0 Å². The molecule has 1 unspecified atom stereocenters. The summed E-state index contributed by atoms with van der Waals surface area (Å²) in [6.45, 7) is 0.775. The summed E-state index contributed by atoms with van der Waals surface area (Å²) in [4.78, 5) is 0.172. The standard InChI is InChI=1S/C11H10BrF3O/c12-10-4-7-1-2-9(11(13,14)15)3-8(7)5-16-6-10/h1-3,10H,4-6H2. The Kier molecular flexibility index (Phi) is 3.26. The monoisotopic (exact) mass is 294 g/mol. The van der Waals surface area contributed by atoms with E-state index < -0.39 is 11.7 Å². The molecule has 5 heteroatoms. The fraction of sp³-hybridized carbons (Fsp3) is 0.455. The molecule has 1 aliphatic heterocycles. The number of hydrogen-bond acceptors (Lipinski definition) is 1. The zero-order valence-corrected chi connectivity index (χ0v) is 9.94. The Hall–Kier alpha value is -0.550. The molecule has 1 heterocycles. The summed E-state index contributed by atoms with van der Waals surface area (Å²) in [6, 6.07) is 3.85. The van der Waals surface area contributed by atoms with Gasteiger partial charge in [0.2, 0.25) is 0 Å². The van der Waals surface area contributed by atoms with E-state index in [-0.39, 0.29) is 11.4 Å². The van der Waals surface area contributed by atoms with Crippen LogP contribution in [0.1, 0.15) is 16.7 Å². The number of hydrogen-bond donors (Lipinski definition) is 0. The van der Waals surface area contributed by atoms with Gasteiger partial charge in [0.15, 0.2) is 0 Å². The van der Waals surface area contributed by atoms with Crippen LogP contribution in [-0.2, 0) is 23.9 Å². The van der Waals surface area contributed by atoms with E-state index in [1.807, 2.05) is 0 Å². The van der Waals surface area contributed by atoms with Crippen LogP contribution in [0.25, 0.3) is 0 Å². The zero-order valence-electron chi connectivity index (χ0n) is 8.35. The number of halogens is 4. The molecule has 0 saturated carbocycles. The average Bonchev–Trinajstić information content (AvgIpc) is 2.35. The first-order valence-corrected chi connectivity index (χ1v) is 5.79. The third-order valence-electron chi connectivity index (χ3n) is 2.53. The molecule has 16 heavy (non-hydrogen) atoms. The van der Waals surface area contributed by atoms with Gasteiger partial charge in [-0.2, -0.15) is 13.2 Å². The number of fused-ring (bicyclic) bond motifs is 1. The van der Waals surface area contributed by atoms with E-state index in [9.17, 15) is 13.2 Å². The van der Waals surface area contributed by atoms with Gasteiger partial charge < -0.3 is 4.74 Å². The molecule has 0 amide bonds. The molecule has 1 aromatic carbocycles. The van der Waals surface area contributed by atoms with Crippen molar-refractivity contribution in [2.24, 2.45) is 0 Å². The summed E-state index contributed by atoms with van der Waals surface area (Å²) in [6.07, 6.45) is -3.58. The van der Waals surface area contributed by atoms with Gasteiger partial charge >= 0.3 is 6.18 Å². The normalized spacial score (nSPS) is 21.4. The van der Waals surface area contributed by atoms with Gasteiger partial charge in [-0.05, 0) is 29.7 Å². The zero-order chi connectivity index (χ0) is 11.8. The SMILES string of the molecule is FC(F)(F)c1ccc2c(c1)COCC(Br)C2. The van der Waals surface area contributed by atoms with Crippen molar-refractivity contribution in [2.45, 2.75) is 24.0 Å². The topological polar surface area (TPSA) is 9.23 Å². The minimum atomic E-state index is -4.28. The minimum absolute atomic E-state index is 0.172. The van der Waals surface area contributed by atoms with Gasteiger partial charge in [-0.1, -0.05) is 22.0 Å². The Balaban J connectivity index is 2.35. The van der Waals surface area contributed by atoms with E-state index in [0.29, 0.717) is 18.6 Å². The maximum absolute atomic E-state index is 12.5. The molecule has 1 aromatic rings. The van der Waals surface area contributed by atoms with Crippen molar-refractivity contribution in [2.75, 3.05) is 6.61 Å². The molecule has 1 aliphatic rings. The van der Waals surface area contributed by atoms with E-state index in [1.165, 1.54) is 6.07 Å². The fourth-order valence-corrected chi connectivity index (χ4v) is 2.27. The van der Waals surface area contributed by atoms with E-state index >= 15 is 0 Å². The smallest absolute Gasteiger partial charge is 0.376 e. The third kappa shape index (κ3) is 2.58. The lowest BCUT2D eigenvalue weighted by Gasteiger charge is -2.11. The number of ether oxygens (including phenoxy) is 1. The van der Waals surface area contributed by atoms with Crippen molar-refractivity contribution in [3.8, 4) is 0 Å². The van der Waals surface area contributed by atoms with Crippen molar-refractivity contribution < 1.29 is 17.9 Å². The molecule has 0 bridgehead atoms. The van der Waals surface area contributed by atoms with E-state index in [0.717, 1.165) is 11.6 Å². The summed E-state index contributed by atoms with van der Waals surface area (Å²) in [7, 11) is 0. The molecular weight excluding hydrogens is 285 g/mol. The second-order valence-electron chi connectivity index (χ2n) is 3.80. The maximum Gasteiger partial charge on any atom is 0.416 e. The highest BCUT2D eigenvalue weighted by molar-refractivity contribution is 9.09. The van der Waals surface area contributed by atoms with E-state index in [2.05, 4.69) is 15.9 Å². The van der Waals surface area contributed by atoms with Crippen molar-refractivity contribution >= 4 is 15.9 Å². The lowest BCUT2D eigenvalue weighted by Crippen LogP contribution is -2.08. The molecule has 2 rings (SSSR count). The van der Waals surface area contributed by atoms with E-state index in [1.54, 1.807) is 6.07 Å². The molecule has 1 nitrogen and oxygen atoms in total. The van der Waals surface area contributed by atoms with Crippen LogP contribution >= 0.6 is 15.9 Å². The molecule has 0 radical (unpaired) electrons. The minimum Gasteiger partial charge on any atom is -0.376 e. The third-order valence-corrected chi connectivity index (χ3v) is 3.12. The predicted molar refractivity (Wildman–Crippen MR) is 57.5 cm³/mol. The number of alkyl halides is 4. The quantitative estimate of drug-likeness (QED) is 0.665. The number of benzene rings is 1. The van der Waals surface area contributed by atoms with Crippen molar-refractivity contribution in [3.05, 3.63) is 34.9 Å². The van der Waals surface area contributed by atoms with Crippen LogP contribution in [0, 0.1) is 0 Å². The Morgan fingerprint density at radius 3 is 2.69 bits per heavy atom. The summed E-state index contributed by atoms with van der Waals surface area (Å²) in [5.41, 5.74) is 0.951. The molecule has 0 spiro atoms. The van der Waals surface area contributed by atoms with Gasteiger partial charge in [0.25, 0.3) is 0 Å². The highest BCUT2D eigenvalue weighted by Gasteiger charge is 2.31. The van der Waals surface area contributed by atoms with Crippen LogP contribution in [-0.4, -0.2) is 11.4 Å². The van der Waals surface area contributed by atoms with E-state index in [4.69, 9.17) is 4.74 Å². The average molecular weight is 295 g/mol. The Morgan fingerprint density at radius 2 is 2.00 bits per heavy atom. The summed E-state index contributed by atoms with van der Waals surface area (Å²) >= 11 is 3.42. The maximum atomic E-state index is 12.5. The van der Waals surface area contributed by atoms with Gasteiger partial charge in [-0.3, -0.25) is 0 Å². The van der Waals surface area contributed by atoms with Gasteiger partial charge in [-0.25, -0.2) is 0 Å². The van der Waals surface area contributed by atoms with Crippen LogP contribution in [0.4, 0.5) is 13.2 Å². The summed E-state index contributed by atoms with van der Waals surface area (Å²) < 4.78 is 42.7. The predicted octanol–water partition coefficient (Wildman–Crippen LogP) is 3.54. The molecule has 88 valence electrons. The van der Waals surface area contributed by atoms with Gasteiger partial charge in [0.05, 0.1) is 18.8 Å².